The zero-order valence-electron chi connectivity index (χ0n) is 11.7. The standard InChI is InChI=1S/C14H22N2OS.ClH/c1-4-14(5-2,10-15)13(17)16-11-6-8-12(18-3)9-7-11;/h6-9H,4-5,10,15H2,1-3H3,(H,16,17);1H. The lowest BCUT2D eigenvalue weighted by Crippen LogP contribution is -2.41. The summed E-state index contributed by atoms with van der Waals surface area (Å²) < 4.78 is 0. The van der Waals surface area contributed by atoms with Gasteiger partial charge >= 0.3 is 0 Å². The van der Waals surface area contributed by atoms with Crippen LogP contribution in [-0.2, 0) is 4.79 Å². The van der Waals surface area contributed by atoms with Crippen molar-refractivity contribution in [3.05, 3.63) is 24.3 Å². The fourth-order valence-electron chi connectivity index (χ4n) is 1.89. The van der Waals surface area contributed by atoms with Crippen molar-refractivity contribution in [3.63, 3.8) is 0 Å². The third-order valence-corrected chi connectivity index (χ3v) is 4.32. The van der Waals surface area contributed by atoms with Gasteiger partial charge in [0, 0.05) is 17.1 Å². The molecule has 108 valence electrons. The van der Waals surface area contributed by atoms with Crippen LogP contribution in [0.25, 0.3) is 0 Å². The molecule has 0 atom stereocenters. The van der Waals surface area contributed by atoms with Crippen LogP contribution < -0.4 is 11.1 Å². The lowest BCUT2D eigenvalue weighted by atomic mass is 9.81. The van der Waals surface area contributed by atoms with Crippen molar-refractivity contribution < 1.29 is 4.79 Å². The van der Waals surface area contributed by atoms with E-state index >= 15 is 0 Å². The molecule has 0 bridgehead atoms. The van der Waals surface area contributed by atoms with Gasteiger partial charge in [0.15, 0.2) is 0 Å². The third-order valence-electron chi connectivity index (χ3n) is 3.57. The predicted octanol–water partition coefficient (Wildman–Crippen LogP) is 3.53. The summed E-state index contributed by atoms with van der Waals surface area (Å²) in [6.45, 7) is 4.40. The molecule has 0 aliphatic carbocycles. The number of nitrogens with one attached hydrogen (secondary N) is 1. The molecule has 0 saturated heterocycles. The Morgan fingerprint density at radius 3 is 2.16 bits per heavy atom. The summed E-state index contributed by atoms with van der Waals surface area (Å²) in [4.78, 5) is 13.5. The first-order valence-electron chi connectivity index (χ1n) is 6.27. The number of anilines is 1. The molecule has 0 heterocycles. The topological polar surface area (TPSA) is 55.1 Å². The lowest BCUT2D eigenvalue weighted by molar-refractivity contribution is -0.125. The Balaban J connectivity index is 0.00000324. The molecular weight excluding hydrogens is 280 g/mol. The number of nitrogens with two attached hydrogens (primary N) is 1. The maximum Gasteiger partial charge on any atom is 0.231 e. The number of rotatable bonds is 6. The Morgan fingerprint density at radius 2 is 1.79 bits per heavy atom. The van der Waals surface area contributed by atoms with Gasteiger partial charge in [-0.1, -0.05) is 13.8 Å². The van der Waals surface area contributed by atoms with Gasteiger partial charge in [-0.2, -0.15) is 0 Å². The molecule has 3 nitrogen and oxygen atoms in total. The first-order valence-corrected chi connectivity index (χ1v) is 7.50. The number of carbonyl (C=O) groups is 1. The highest BCUT2D eigenvalue weighted by Crippen LogP contribution is 2.27. The van der Waals surface area contributed by atoms with Crippen LogP contribution in [0.15, 0.2) is 29.2 Å². The van der Waals surface area contributed by atoms with E-state index in [-0.39, 0.29) is 18.3 Å². The molecule has 0 aromatic heterocycles. The molecule has 1 aromatic carbocycles. The average Bonchev–Trinajstić information content (AvgIpc) is 2.42. The van der Waals surface area contributed by atoms with E-state index < -0.39 is 5.41 Å². The van der Waals surface area contributed by atoms with Gasteiger partial charge in [0.1, 0.15) is 0 Å². The van der Waals surface area contributed by atoms with E-state index in [1.807, 2.05) is 44.4 Å². The Kier molecular flexibility index (Phi) is 8.14. The molecule has 1 amide bonds. The highest BCUT2D eigenvalue weighted by atomic mass is 35.5. The molecule has 0 saturated carbocycles. The average molecular weight is 303 g/mol. The van der Waals surface area contributed by atoms with E-state index in [0.717, 1.165) is 18.5 Å². The van der Waals surface area contributed by atoms with Crippen LogP contribution in [0.1, 0.15) is 26.7 Å². The largest absolute Gasteiger partial charge is 0.329 e. The van der Waals surface area contributed by atoms with E-state index in [4.69, 9.17) is 5.73 Å². The van der Waals surface area contributed by atoms with Crippen molar-refractivity contribution in [2.75, 3.05) is 18.1 Å². The number of carbonyl (C=O) groups excluding carboxylic acids is 1. The molecule has 0 spiro atoms. The molecule has 0 fully saturated rings. The number of hydrogen-bond acceptors (Lipinski definition) is 3. The van der Waals surface area contributed by atoms with Crippen LogP contribution in [-0.4, -0.2) is 18.7 Å². The van der Waals surface area contributed by atoms with Crippen LogP contribution in [0.4, 0.5) is 5.69 Å². The van der Waals surface area contributed by atoms with Gasteiger partial charge in [0.2, 0.25) is 5.91 Å². The summed E-state index contributed by atoms with van der Waals surface area (Å²) in [5, 5.41) is 2.96. The van der Waals surface area contributed by atoms with Crippen LogP contribution in [0.2, 0.25) is 0 Å². The number of thioether (sulfide) groups is 1. The van der Waals surface area contributed by atoms with Crippen molar-refractivity contribution in [2.24, 2.45) is 11.1 Å². The SMILES string of the molecule is CCC(CC)(CN)C(=O)Nc1ccc(SC)cc1.Cl. The first-order chi connectivity index (χ1) is 8.61. The fraction of sp³-hybridized carbons (Fsp3) is 0.500. The van der Waals surface area contributed by atoms with Crippen molar-refractivity contribution in [2.45, 2.75) is 31.6 Å². The minimum absolute atomic E-state index is 0. The van der Waals surface area contributed by atoms with Crippen molar-refractivity contribution >= 4 is 35.8 Å². The molecule has 0 aliphatic rings. The molecule has 3 N–H and O–H groups in total. The molecular formula is C14H23ClN2OS. The van der Waals surface area contributed by atoms with Gasteiger partial charge in [-0.15, -0.1) is 24.2 Å². The van der Waals surface area contributed by atoms with E-state index in [1.165, 1.54) is 4.90 Å². The summed E-state index contributed by atoms with van der Waals surface area (Å²) in [5.74, 6) is 0.0203. The van der Waals surface area contributed by atoms with Crippen LogP contribution in [0, 0.1) is 5.41 Å². The quantitative estimate of drug-likeness (QED) is 0.790. The number of halogens is 1. The predicted molar refractivity (Wildman–Crippen MR) is 86.2 cm³/mol. The van der Waals surface area contributed by atoms with E-state index in [2.05, 4.69) is 5.32 Å². The van der Waals surface area contributed by atoms with E-state index in [0.29, 0.717) is 6.54 Å². The molecule has 0 unspecified atom stereocenters. The Hall–Kier alpha value is -0.710. The van der Waals surface area contributed by atoms with E-state index in [1.54, 1.807) is 11.8 Å². The molecule has 19 heavy (non-hydrogen) atoms. The van der Waals surface area contributed by atoms with Gasteiger partial charge in [0.05, 0.1) is 5.41 Å². The van der Waals surface area contributed by atoms with Gasteiger partial charge in [-0.05, 0) is 43.4 Å². The molecule has 1 rings (SSSR count). The van der Waals surface area contributed by atoms with Crippen molar-refractivity contribution in [1.82, 2.24) is 0 Å². The summed E-state index contributed by atoms with van der Waals surface area (Å²) >= 11 is 1.68. The van der Waals surface area contributed by atoms with Crippen LogP contribution in [0.3, 0.4) is 0 Å². The van der Waals surface area contributed by atoms with Gasteiger partial charge in [0.25, 0.3) is 0 Å². The van der Waals surface area contributed by atoms with Gasteiger partial charge in [-0.25, -0.2) is 0 Å². The third kappa shape index (κ3) is 4.41. The minimum atomic E-state index is -0.446. The Labute approximate surface area is 126 Å². The number of hydrogen-bond donors (Lipinski definition) is 2. The van der Waals surface area contributed by atoms with Gasteiger partial charge < -0.3 is 11.1 Å². The molecule has 5 heteroatoms. The highest BCUT2D eigenvalue weighted by Gasteiger charge is 2.33. The van der Waals surface area contributed by atoms with Crippen molar-refractivity contribution in [3.8, 4) is 0 Å². The second-order valence-corrected chi connectivity index (χ2v) is 5.25. The second-order valence-electron chi connectivity index (χ2n) is 4.37. The maximum absolute atomic E-state index is 12.3. The normalized spacial score (nSPS) is 10.7. The summed E-state index contributed by atoms with van der Waals surface area (Å²) in [6.07, 6.45) is 3.55. The zero-order valence-corrected chi connectivity index (χ0v) is 13.4. The van der Waals surface area contributed by atoms with Crippen LogP contribution in [0.5, 0.6) is 0 Å². The second kappa shape index (κ2) is 8.46. The monoisotopic (exact) mass is 302 g/mol. The van der Waals surface area contributed by atoms with Crippen molar-refractivity contribution in [1.29, 1.82) is 0 Å². The van der Waals surface area contributed by atoms with Crippen LogP contribution >= 0.6 is 24.2 Å². The summed E-state index contributed by atoms with van der Waals surface area (Å²) in [7, 11) is 0. The highest BCUT2D eigenvalue weighted by molar-refractivity contribution is 7.98. The van der Waals surface area contributed by atoms with E-state index in [9.17, 15) is 4.79 Å². The van der Waals surface area contributed by atoms with Gasteiger partial charge in [-0.3, -0.25) is 4.79 Å². The Morgan fingerprint density at radius 1 is 1.26 bits per heavy atom. The number of benzene rings is 1. The number of amides is 1. The maximum atomic E-state index is 12.3. The zero-order chi connectivity index (χ0) is 13.6. The minimum Gasteiger partial charge on any atom is -0.329 e. The molecule has 0 radical (unpaired) electrons. The molecule has 0 aliphatic heterocycles. The molecule has 1 aromatic rings. The first kappa shape index (κ1) is 18.3. The summed E-state index contributed by atoms with van der Waals surface area (Å²) in [5.41, 5.74) is 6.15. The smallest absolute Gasteiger partial charge is 0.231 e. The lowest BCUT2D eigenvalue weighted by Gasteiger charge is -2.28. The Bertz CT molecular complexity index is 383. The fourth-order valence-corrected chi connectivity index (χ4v) is 2.30. The summed E-state index contributed by atoms with van der Waals surface area (Å²) in [6, 6.07) is 7.86.